The molecule has 0 aromatic heterocycles. The van der Waals surface area contributed by atoms with Crippen LogP contribution in [0.25, 0.3) is 0 Å². The zero-order valence-corrected chi connectivity index (χ0v) is 23.4. The zero-order chi connectivity index (χ0) is 28.3. The van der Waals surface area contributed by atoms with E-state index >= 15 is 0 Å². The summed E-state index contributed by atoms with van der Waals surface area (Å²) in [6.45, 7) is 6.78. The van der Waals surface area contributed by atoms with Crippen LogP contribution in [0.15, 0.2) is 36.4 Å². The van der Waals surface area contributed by atoms with Gasteiger partial charge < -0.3 is 28.7 Å². The van der Waals surface area contributed by atoms with E-state index in [1.54, 1.807) is 14.2 Å². The molecule has 0 radical (unpaired) electrons. The molecule has 2 rings (SSSR count). The van der Waals surface area contributed by atoms with Crippen molar-refractivity contribution in [1.29, 1.82) is 5.26 Å². The average molecular weight is 530 g/mol. The SMILES string of the molecule is CCC(N(C)CCc1ccc(OC)c(OCCO[N+](=O)[O-])c1)C(C#N)(c1ccc(OC)c(OC)c1)C(C)C. The summed E-state index contributed by atoms with van der Waals surface area (Å²) < 4.78 is 22.0. The van der Waals surface area contributed by atoms with Gasteiger partial charge in [0.15, 0.2) is 23.0 Å². The Morgan fingerprint density at radius 1 is 1.00 bits per heavy atom. The van der Waals surface area contributed by atoms with Crippen molar-refractivity contribution in [2.24, 2.45) is 5.92 Å². The van der Waals surface area contributed by atoms with Crippen molar-refractivity contribution in [1.82, 2.24) is 4.90 Å². The molecule has 0 aliphatic rings. The van der Waals surface area contributed by atoms with Crippen LogP contribution in [0.5, 0.6) is 23.0 Å². The molecule has 10 heteroatoms. The van der Waals surface area contributed by atoms with Crippen molar-refractivity contribution >= 4 is 0 Å². The lowest BCUT2D eigenvalue weighted by Crippen LogP contribution is -2.51. The fraction of sp³-hybridized carbons (Fsp3) is 0.536. The maximum Gasteiger partial charge on any atom is 0.294 e. The molecule has 0 aliphatic heterocycles. The molecule has 208 valence electrons. The Hall–Kier alpha value is -3.71. The minimum absolute atomic E-state index is 0.0169. The Morgan fingerprint density at radius 2 is 1.63 bits per heavy atom. The smallest absolute Gasteiger partial charge is 0.294 e. The minimum atomic E-state index is -0.850. The number of hydrogen-bond donors (Lipinski definition) is 0. The van der Waals surface area contributed by atoms with Gasteiger partial charge in [-0.25, -0.2) is 0 Å². The van der Waals surface area contributed by atoms with Gasteiger partial charge in [0, 0.05) is 12.6 Å². The number of rotatable bonds is 16. The second-order valence-electron chi connectivity index (χ2n) is 9.25. The van der Waals surface area contributed by atoms with Gasteiger partial charge in [-0.05, 0) is 61.2 Å². The first-order valence-electron chi connectivity index (χ1n) is 12.6. The van der Waals surface area contributed by atoms with E-state index < -0.39 is 10.5 Å². The molecule has 2 atom stereocenters. The van der Waals surface area contributed by atoms with Gasteiger partial charge in [0.2, 0.25) is 0 Å². The maximum atomic E-state index is 10.6. The van der Waals surface area contributed by atoms with Gasteiger partial charge in [-0.2, -0.15) is 5.26 Å². The molecule has 0 bridgehead atoms. The molecular weight excluding hydrogens is 490 g/mol. The first kappa shape index (κ1) is 30.5. The van der Waals surface area contributed by atoms with Crippen LogP contribution in [0, 0.1) is 27.4 Å². The monoisotopic (exact) mass is 529 g/mol. The Labute approximate surface area is 225 Å². The highest BCUT2D eigenvalue weighted by molar-refractivity contribution is 5.48. The number of nitriles is 1. The average Bonchev–Trinajstić information content (AvgIpc) is 2.92. The number of methoxy groups -OCH3 is 3. The summed E-state index contributed by atoms with van der Waals surface area (Å²) >= 11 is 0. The molecule has 0 saturated carbocycles. The summed E-state index contributed by atoms with van der Waals surface area (Å²) in [5, 5.41) is 20.1. The predicted octanol–water partition coefficient (Wildman–Crippen LogP) is 4.67. The Balaban J connectivity index is 2.28. The summed E-state index contributed by atoms with van der Waals surface area (Å²) in [7, 11) is 6.77. The highest BCUT2D eigenvalue weighted by atomic mass is 17.0. The van der Waals surface area contributed by atoms with Gasteiger partial charge in [-0.15, -0.1) is 10.1 Å². The van der Waals surface area contributed by atoms with Crippen LogP contribution in [-0.2, 0) is 16.7 Å². The van der Waals surface area contributed by atoms with Crippen molar-refractivity contribution in [2.45, 2.75) is 45.1 Å². The highest BCUT2D eigenvalue weighted by Crippen LogP contribution is 2.42. The van der Waals surface area contributed by atoms with Crippen molar-refractivity contribution in [2.75, 3.05) is 48.1 Å². The summed E-state index contributed by atoms with van der Waals surface area (Å²) in [5.74, 6) is 2.27. The normalized spacial score (nSPS) is 13.4. The summed E-state index contributed by atoms with van der Waals surface area (Å²) in [6, 6.07) is 14.0. The fourth-order valence-electron chi connectivity index (χ4n) is 4.97. The standard InChI is InChI=1S/C28H39N3O7/c1-8-27(28(19-29,20(2)3)22-10-12-23(34-5)25(18-22)36-7)30(4)14-13-21-9-11-24(35-6)26(17-21)37-15-16-38-31(32)33/h9-12,17-18,20,27H,8,13-16H2,1-7H3. The van der Waals surface area contributed by atoms with Crippen LogP contribution < -0.4 is 18.9 Å². The van der Waals surface area contributed by atoms with E-state index in [-0.39, 0.29) is 25.2 Å². The molecule has 2 aromatic rings. The molecule has 10 nitrogen and oxygen atoms in total. The van der Waals surface area contributed by atoms with Crippen LogP contribution in [-0.4, -0.2) is 64.2 Å². The summed E-state index contributed by atoms with van der Waals surface area (Å²) in [6.07, 6.45) is 1.47. The lowest BCUT2D eigenvalue weighted by molar-refractivity contribution is -0.757. The highest BCUT2D eigenvalue weighted by Gasteiger charge is 2.45. The molecule has 0 spiro atoms. The Morgan fingerprint density at radius 3 is 2.18 bits per heavy atom. The van der Waals surface area contributed by atoms with Gasteiger partial charge in [0.1, 0.15) is 18.6 Å². The molecule has 0 N–H and O–H groups in total. The van der Waals surface area contributed by atoms with Crippen LogP contribution in [0.1, 0.15) is 38.3 Å². The van der Waals surface area contributed by atoms with Crippen LogP contribution in [0.2, 0.25) is 0 Å². The first-order valence-corrected chi connectivity index (χ1v) is 12.6. The number of nitrogens with zero attached hydrogens (tertiary/aromatic N) is 3. The molecular formula is C28H39N3O7. The van der Waals surface area contributed by atoms with E-state index in [1.165, 1.54) is 7.11 Å². The van der Waals surface area contributed by atoms with E-state index in [4.69, 9.17) is 18.9 Å². The van der Waals surface area contributed by atoms with E-state index in [0.717, 1.165) is 17.5 Å². The van der Waals surface area contributed by atoms with Gasteiger partial charge in [-0.3, -0.25) is 0 Å². The van der Waals surface area contributed by atoms with Crippen LogP contribution >= 0.6 is 0 Å². The van der Waals surface area contributed by atoms with Gasteiger partial charge in [-0.1, -0.05) is 32.9 Å². The molecule has 0 heterocycles. The molecule has 0 amide bonds. The third-order valence-electron chi connectivity index (χ3n) is 6.92. The Kier molecular flexibility index (Phi) is 11.5. The number of likely N-dealkylation sites (N-methyl/N-ethyl adjacent to an activating group) is 1. The zero-order valence-electron chi connectivity index (χ0n) is 23.4. The quantitative estimate of drug-likeness (QED) is 0.174. The van der Waals surface area contributed by atoms with E-state index in [9.17, 15) is 15.4 Å². The molecule has 0 fully saturated rings. The van der Waals surface area contributed by atoms with Crippen molar-refractivity contribution in [3.8, 4) is 29.1 Å². The van der Waals surface area contributed by atoms with Crippen molar-refractivity contribution < 1.29 is 28.9 Å². The number of benzene rings is 2. The lowest BCUT2D eigenvalue weighted by Gasteiger charge is -2.43. The Bertz CT molecular complexity index is 1100. The minimum Gasteiger partial charge on any atom is -0.493 e. The lowest BCUT2D eigenvalue weighted by atomic mass is 9.66. The first-order chi connectivity index (χ1) is 18.2. The topological polar surface area (TPSA) is 116 Å². The van der Waals surface area contributed by atoms with Crippen LogP contribution in [0.4, 0.5) is 0 Å². The molecule has 0 saturated heterocycles. The maximum absolute atomic E-state index is 10.6. The molecule has 2 aromatic carbocycles. The summed E-state index contributed by atoms with van der Waals surface area (Å²) in [4.78, 5) is 16.9. The third kappa shape index (κ3) is 6.98. The van der Waals surface area contributed by atoms with E-state index in [2.05, 4.69) is 36.6 Å². The van der Waals surface area contributed by atoms with Gasteiger partial charge in [0.25, 0.3) is 5.09 Å². The number of ether oxygens (including phenoxy) is 4. The van der Waals surface area contributed by atoms with Crippen LogP contribution in [0.3, 0.4) is 0 Å². The molecule has 0 aliphatic carbocycles. The van der Waals surface area contributed by atoms with Gasteiger partial charge in [0.05, 0.1) is 27.4 Å². The molecule has 38 heavy (non-hydrogen) atoms. The van der Waals surface area contributed by atoms with E-state index in [0.29, 0.717) is 36.0 Å². The second-order valence-corrected chi connectivity index (χ2v) is 9.25. The number of hydrogen-bond acceptors (Lipinski definition) is 9. The van der Waals surface area contributed by atoms with Crippen molar-refractivity contribution in [3.05, 3.63) is 57.6 Å². The fourth-order valence-corrected chi connectivity index (χ4v) is 4.97. The summed E-state index contributed by atoms with van der Waals surface area (Å²) in [5.41, 5.74) is 1.12. The van der Waals surface area contributed by atoms with E-state index in [1.807, 2.05) is 43.4 Å². The third-order valence-corrected chi connectivity index (χ3v) is 6.92. The largest absolute Gasteiger partial charge is 0.493 e. The van der Waals surface area contributed by atoms with Gasteiger partial charge >= 0.3 is 0 Å². The second kappa shape index (κ2) is 14.3. The predicted molar refractivity (Wildman–Crippen MR) is 144 cm³/mol. The van der Waals surface area contributed by atoms with Crippen molar-refractivity contribution in [3.63, 3.8) is 0 Å². The molecule has 2 unspecified atom stereocenters.